The van der Waals surface area contributed by atoms with Crippen molar-refractivity contribution in [3.8, 4) is 17.4 Å². The Hall–Kier alpha value is -2.76. The van der Waals surface area contributed by atoms with Crippen LogP contribution in [0.5, 0.6) is 17.4 Å². The number of carbonyl (C=O) groups is 1. The molecule has 128 valence electrons. The van der Waals surface area contributed by atoms with Crippen molar-refractivity contribution >= 4 is 5.91 Å². The van der Waals surface area contributed by atoms with Crippen LogP contribution in [0.25, 0.3) is 0 Å². The van der Waals surface area contributed by atoms with Gasteiger partial charge in [0.15, 0.2) is 0 Å². The summed E-state index contributed by atoms with van der Waals surface area (Å²) in [6.07, 6.45) is 1.52. The summed E-state index contributed by atoms with van der Waals surface area (Å²) in [5.74, 6) is 1.92. The van der Waals surface area contributed by atoms with Crippen LogP contribution >= 0.6 is 0 Å². The molecule has 2 aromatic rings. The normalized spacial score (nSPS) is 10.1. The van der Waals surface area contributed by atoms with Crippen LogP contribution in [-0.4, -0.2) is 49.7 Å². The van der Waals surface area contributed by atoms with Crippen LogP contribution < -0.4 is 14.2 Å². The fourth-order valence-electron chi connectivity index (χ4n) is 2.03. The lowest BCUT2D eigenvalue weighted by Gasteiger charge is -2.17. The maximum atomic E-state index is 12.3. The Morgan fingerprint density at radius 2 is 1.79 bits per heavy atom. The Labute approximate surface area is 142 Å². The SMILES string of the molecule is CCOc1ccc(C(=O)N(C)CCOc2ccc(OC)cc2)cn1. The number of hydrogen-bond acceptors (Lipinski definition) is 5. The molecule has 0 N–H and O–H groups in total. The fourth-order valence-corrected chi connectivity index (χ4v) is 2.03. The molecule has 0 fully saturated rings. The van der Waals surface area contributed by atoms with Crippen LogP contribution in [0.1, 0.15) is 17.3 Å². The average Bonchev–Trinajstić information content (AvgIpc) is 2.62. The first-order chi connectivity index (χ1) is 11.6. The first-order valence-corrected chi connectivity index (χ1v) is 7.75. The van der Waals surface area contributed by atoms with Crippen molar-refractivity contribution in [1.29, 1.82) is 0 Å². The lowest BCUT2D eigenvalue weighted by atomic mass is 10.2. The van der Waals surface area contributed by atoms with Crippen LogP contribution in [0.2, 0.25) is 0 Å². The van der Waals surface area contributed by atoms with Crippen LogP contribution in [0.4, 0.5) is 0 Å². The largest absolute Gasteiger partial charge is 0.497 e. The summed E-state index contributed by atoms with van der Waals surface area (Å²) in [4.78, 5) is 18.0. The second-order valence-corrected chi connectivity index (χ2v) is 5.07. The van der Waals surface area contributed by atoms with E-state index in [0.29, 0.717) is 31.2 Å². The van der Waals surface area contributed by atoms with E-state index >= 15 is 0 Å². The van der Waals surface area contributed by atoms with Gasteiger partial charge in [-0.15, -0.1) is 0 Å². The number of benzene rings is 1. The summed E-state index contributed by atoms with van der Waals surface area (Å²) < 4.78 is 16.0. The molecule has 1 heterocycles. The van der Waals surface area contributed by atoms with Crippen molar-refractivity contribution in [2.45, 2.75) is 6.92 Å². The predicted octanol–water partition coefficient (Wildman–Crippen LogP) is 2.64. The Kier molecular flexibility index (Phi) is 6.42. The molecule has 0 aliphatic carbocycles. The molecule has 0 bridgehead atoms. The summed E-state index contributed by atoms with van der Waals surface area (Å²) in [6.45, 7) is 3.30. The molecule has 0 spiro atoms. The van der Waals surface area contributed by atoms with Gasteiger partial charge in [0.2, 0.25) is 5.88 Å². The molecule has 0 aliphatic rings. The highest BCUT2D eigenvalue weighted by atomic mass is 16.5. The molecule has 0 unspecified atom stereocenters. The van der Waals surface area contributed by atoms with Crippen molar-refractivity contribution < 1.29 is 19.0 Å². The molecular weight excluding hydrogens is 308 g/mol. The summed E-state index contributed by atoms with van der Waals surface area (Å²) in [5, 5.41) is 0. The minimum Gasteiger partial charge on any atom is -0.497 e. The minimum atomic E-state index is -0.108. The van der Waals surface area contributed by atoms with Gasteiger partial charge in [-0.2, -0.15) is 0 Å². The van der Waals surface area contributed by atoms with E-state index in [-0.39, 0.29) is 5.91 Å². The van der Waals surface area contributed by atoms with Gasteiger partial charge in [-0.1, -0.05) is 0 Å². The number of nitrogens with zero attached hydrogens (tertiary/aromatic N) is 2. The molecule has 0 radical (unpaired) electrons. The summed E-state index contributed by atoms with van der Waals surface area (Å²) in [7, 11) is 3.35. The van der Waals surface area contributed by atoms with Gasteiger partial charge in [-0.05, 0) is 37.3 Å². The van der Waals surface area contributed by atoms with Gasteiger partial charge in [0.1, 0.15) is 18.1 Å². The summed E-state index contributed by atoms with van der Waals surface area (Å²) in [5.41, 5.74) is 0.519. The van der Waals surface area contributed by atoms with Gasteiger partial charge in [0, 0.05) is 19.3 Å². The number of amides is 1. The zero-order chi connectivity index (χ0) is 17.4. The molecule has 2 rings (SSSR count). The van der Waals surface area contributed by atoms with Crippen molar-refractivity contribution in [3.05, 3.63) is 48.2 Å². The van der Waals surface area contributed by atoms with Gasteiger partial charge in [-0.3, -0.25) is 4.79 Å². The second-order valence-electron chi connectivity index (χ2n) is 5.07. The van der Waals surface area contributed by atoms with Gasteiger partial charge in [0.25, 0.3) is 5.91 Å². The zero-order valence-electron chi connectivity index (χ0n) is 14.2. The number of aromatic nitrogens is 1. The monoisotopic (exact) mass is 330 g/mol. The average molecular weight is 330 g/mol. The molecule has 0 atom stereocenters. The zero-order valence-corrected chi connectivity index (χ0v) is 14.2. The van der Waals surface area contributed by atoms with Crippen molar-refractivity contribution in [2.75, 3.05) is 33.9 Å². The van der Waals surface area contributed by atoms with Crippen LogP contribution in [0, 0.1) is 0 Å². The first kappa shape index (κ1) is 17.6. The first-order valence-electron chi connectivity index (χ1n) is 7.75. The highest BCUT2D eigenvalue weighted by molar-refractivity contribution is 5.93. The number of pyridine rings is 1. The number of methoxy groups -OCH3 is 1. The molecule has 1 aromatic carbocycles. The number of hydrogen-bond donors (Lipinski definition) is 0. The maximum absolute atomic E-state index is 12.3. The number of ether oxygens (including phenoxy) is 3. The topological polar surface area (TPSA) is 60.9 Å². The second kappa shape index (κ2) is 8.76. The third-order valence-electron chi connectivity index (χ3n) is 3.38. The standard InChI is InChI=1S/C18H22N2O4/c1-4-23-17-10-5-14(13-19-17)18(21)20(2)11-12-24-16-8-6-15(22-3)7-9-16/h5-10,13H,4,11-12H2,1-3H3. The van der Waals surface area contributed by atoms with E-state index in [1.54, 1.807) is 31.2 Å². The van der Waals surface area contributed by atoms with Gasteiger partial charge < -0.3 is 19.1 Å². The van der Waals surface area contributed by atoms with E-state index in [0.717, 1.165) is 11.5 Å². The third kappa shape index (κ3) is 4.87. The van der Waals surface area contributed by atoms with E-state index in [2.05, 4.69) is 4.98 Å². The molecule has 0 saturated carbocycles. The van der Waals surface area contributed by atoms with Crippen molar-refractivity contribution in [3.63, 3.8) is 0 Å². The molecule has 6 nitrogen and oxygen atoms in total. The summed E-state index contributed by atoms with van der Waals surface area (Å²) in [6, 6.07) is 10.7. The fraction of sp³-hybridized carbons (Fsp3) is 0.333. The summed E-state index contributed by atoms with van der Waals surface area (Å²) >= 11 is 0. The molecule has 1 amide bonds. The third-order valence-corrected chi connectivity index (χ3v) is 3.38. The lowest BCUT2D eigenvalue weighted by Crippen LogP contribution is -2.30. The quantitative estimate of drug-likeness (QED) is 0.745. The van der Waals surface area contributed by atoms with Crippen molar-refractivity contribution in [1.82, 2.24) is 9.88 Å². The number of likely N-dealkylation sites (N-methyl/N-ethyl adjacent to an activating group) is 1. The smallest absolute Gasteiger partial charge is 0.255 e. The van der Waals surface area contributed by atoms with Gasteiger partial charge in [-0.25, -0.2) is 4.98 Å². The predicted molar refractivity (Wildman–Crippen MR) is 90.9 cm³/mol. The minimum absolute atomic E-state index is 0.108. The maximum Gasteiger partial charge on any atom is 0.255 e. The number of carbonyl (C=O) groups excluding carboxylic acids is 1. The van der Waals surface area contributed by atoms with Crippen LogP contribution in [0.15, 0.2) is 42.6 Å². The van der Waals surface area contributed by atoms with E-state index in [4.69, 9.17) is 14.2 Å². The molecule has 6 heteroatoms. The highest BCUT2D eigenvalue weighted by Crippen LogP contribution is 2.17. The van der Waals surface area contributed by atoms with Crippen LogP contribution in [-0.2, 0) is 0 Å². The van der Waals surface area contributed by atoms with Crippen LogP contribution in [0.3, 0.4) is 0 Å². The molecule has 0 saturated heterocycles. The van der Waals surface area contributed by atoms with Gasteiger partial charge >= 0.3 is 0 Å². The van der Waals surface area contributed by atoms with E-state index in [1.165, 1.54) is 6.20 Å². The molecule has 1 aromatic heterocycles. The molecule has 24 heavy (non-hydrogen) atoms. The lowest BCUT2D eigenvalue weighted by molar-refractivity contribution is 0.0773. The van der Waals surface area contributed by atoms with E-state index in [1.807, 2.05) is 31.2 Å². The van der Waals surface area contributed by atoms with E-state index < -0.39 is 0 Å². The Morgan fingerprint density at radius 3 is 2.38 bits per heavy atom. The molecular formula is C18H22N2O4. The molecule has 0 aliphatic heterocycles. The Morgan fingerprint density at radius 1 is 1.08 bits per heavy atom. The Bertz CT molecular complexity index is 641. The van der Waals surface area contributed by atoms with Gasteiger partial charge in [0.05, 0.1) is 25.8 Å². The van der Waals surface area contributed by atoms with E-state index in [9.17, 15) is 4.79 Å². The highest BCUT2D eigenvalue weighted by Gasteiger charge is 2.12. The van der Waals surface area contributed by atoms with Crippen molar-refractivity contribution in [2.24, 2.45) is 0 Å². The Balaban J connectivity index is 1.82. The number of rotatable bonds is 8.